The molecule has 1 aromatic rings. The maximum absolute atomic E-state index is 11.8. The highest BCUT2D eigenvalue weighted by molar-refractivity contribution is 7.09. The van der Waals surface area contributed by atoms with E-state index in [2.05, 4.69) is 15.0 Å². The largest absolute Gasteiger partial charge is 0.411 e. The Morgan fingerprint density at radius 1 is 1.37 bits per heavy atom. The number of hydrogen-bond donors (Lipinski definition) is 1. The molecule has 0 aliphatic rings. The number of methoxy groups -OCH3 is 1. The Morgan fingerprint density at radius 3 is 2.84 bits per heavy atom. The summed E-state index contributed by atoms with van der Waals surface area (Å²) in [5.41, 5.74) is 0.881. The van der Waals surface area contributed by atoms with Gasteiger partial charge in [-0.3, -0.25) is 0 Å². The molecule has 0 atom stereocenters. The molecule has 0 saturated heterocycles. The first-order chi connectivity index (χ1) is 9.01. The third-order valence-electron chi connectivity index (χ3n) is 2.11. The lowest BCUT2D eigenvalue weighted by Crippen LogP contribution is -2.19. The number of halogens is 3. The van der Waals surface area contributed by atoms with Crippen LogP contribution >= 0.6 is 11.3 Å². The zero-order chi connectivity index (χ0) is 14.1. The first kappa shape index (κ1) is 16.4. The minimum absolute atomic E-state index is 0.0313. The predicted molar refractivity (Wildman–Crippen MR) is 66.3 cm³/mol. The molecule has 0 radical (unpaired) electrons. The van der Waals surface area contributed by atoms with Gasteiger partial charge in [0.15, 0.2) is 0 Å². The molecule has 1 heterocycles. The van der Waals surface area contributed by atoms with Crippen LogP contribution in [0.1, 0.15) is 10.7 Å². The lowest BCUT2D eigenvalue weighted by atomic mass is 10.4. The fourth-order valence-corrected chi connectivity index (χ4v) is 2.06. The number of aromatic nitrogens is 1. The van der Waals surface area contributed by atoms with Gasteiger partial charge >= 0.3 is 6.18 Å². The SMILES string of the molecule is COCCNCc1csc(CCOCC(F)(F)F)n1. The van der Waals surface area contributed by atoms with E-state index in [1.807, 2.05) is 5.38 Å². The minimum atomic E-state index is -4.26. The van der Waals surface area contributed by atoms with Crippen molar-refractivity contribution >= 4 is 11.3 Å². The van der Waals surface area contributed by atoms with E-state index in [1.165, 1.54) is 11.3 Å². The monoisotopic (exact) mass is 298 g/mol. The number of nitrogens with zero attached hydrogens (tertiary/aromatic N) is 1. The molecule has 8 heteroatoms. The van der Waals surface area contributed by atoms with Gasteiger partial charge in [0.25, 0.3) is 0 Å². The second-order valence-corrected chi connectivity index (χ2v) is 4.76. The van der Waals surface area contributed by atoms with Crippen molar-refractivity contribution in [3.63, 3.8) is 0 Å². The lowest BCUT2D eigenvalue weighted by molar-refractivity contribution is -0.173. The zero-order valence-corrected chi connectivity index (χ0v) is 11.4. The lowest BCUT2D eigenvalue weighted by Gasteiger charge is -2.06. The van der Waals surface area contributed by atoms with Gasteiger partial charge in [-0.2, -0.15) is 13.2 Å². The summed E-state index contributed by atoms with van der Waals surface area (Å²) in [6.45, 7) is 0.816. The van der Waals surface area contributed by atoms with Gasteiger partial charge in [-0.05, 0) is 0 Å². The molecular weight excluding hydrogens is 281 g/mol. The molecule has 0 saturated carbocycles. The number of hydrogen-bond acceptors (Lipinski definition) is 5. The summed E-state index contributed by atoms with van der Waals surface area (Å²) in [4.78, 5) is 4.30. The fourth-order valence-electron chi connectivity index (χ4n) is 1.28. The van der Waals surface area contributed by atoms with Crippen LogP contribution in [0.3, 0.4) is 0 Å². The Hall–Kier alpha value is -0.700. The quantitative estimate of drug-likeness (QED) is 0.708. The molecular formula is C11H17F3N2O2S. The van der Waals surface area contributed by atoms with Crippen LogP contribution in [0.4, 0.5) is 13.2 Å². The van der Waals surface area contributed by atoms with Gasteiger partial charge in [0.1, 0.15) is 6.61 Å². The Bertz CT molecular complexity index is 358. The summed E-state index contributed by atoms with van der Waals surface area (Å²) in [7, 11) is 1.63. The van der Waals surface area contributed by atoms with Crippen molar-refractivity contribution in [1.82, 2.24) is 10.3 Å². The van der Waals surface area contributed by atoms with Crippen LogP contribution in [0.5, 0.6) is 0 Å². The second-order valence-electron chi connectivity index (χ2n) is 3.82. The first-order valence-corrected chi connectivity index (χ1v) is 6.66. The molecule has 0 amide bonds. The summed E-state index contributed by atoms with van der Waals surface area (Å²) in [5.74, 6) is 0. The molecule has 0 bridgehead atoms. The summed E-state index contributed by atoms with van der Waals surface area (Å²) in [6.07, 6.45) is -3.86. The van der Waals surface area contributed by atoms with E-state index in [1.54, 1.807) is 7.11 Å². The minimum Gasteiger partial charge on any atom is -0.383 e. The highest BCUT2D eigenvalue weighted by atomic mass is 32.1. The molecule has 19 heavy (non-hydrogen) atoms. The van der Waals surface area contributed by atoms with Crippen LogP contribution in [-0.4, -0.2) is 44.6 Å². The smallest absolute Gasteiger partial charge is 0.383 e. The van der Waals surface area contributed by atoms with Crippen molar-refractivity contribution in [3.05, 3.63) is 16.1 Å². The molecule has 0 unspecified atom stereocenters. The van der Waals surface area contributed by atoms with Gasteiger partial charge in [0.05, 0.1) is 23.9 Å². The Balaban J connectivity index is 2.16. The molecule has 110 valence electrons. The summed E-state index contributed by atoms with van der Waals surface area (Å²) >= 11 is 1.43. The van der Waals surface area contributed by atoms with Crippen LogP contribution in [0, 0.1) is 0 Å². The van der Waals surface area contributed by atoms with Crippen molar-refractivity contribution in [2.45, 2.75) is 19.1 Å². The average Bonchev–Trinajstić information content (AvgIpc) is 2.77. The maximum Gasteiger partial charge on any atom is 0.411 e. The molecule has 0 fully saturated rings. The fraction of sp³-hybridized carbons (Fsp3) is 0.727. The van der Waals surface area contributed by atoms with Crippen LogP contribution in [0.2, 0.25) is 0 Å². The highest BCUT2D eigenvalue weighted by Crippen LogP contribution is 2.15. The second kappa shape index (κ2) is 8.47. The van der Waals surface area contributed by atoms with E-state index in [0.29, 0.717) is 19.6 Å². The number of ether oxygens (including phenoxy) is 2. The molecule has 4 nitrogen and oxygen atoms in total. The molecule has 0 spiro atoms. The van der Waals surface area contributed by atoms with Gasteiger partial charge < -0.3 is 14.8 Å². The third kappa shape index (κ3) is 8.14. The van der Waals surface area contributed by atoms with E-state index in [-0.39, 0.29) is 6.61 Å². The van der Waals surface area contributed by atoms with Crippen molar-refractivity contribution in [2.24, 2.45) is 0 Å². The van der Waals surface area contributed by atoms with E-state index in [9.17, 15) is 13.2 Å². The van der Waals surface area contributed by atoms with Crippen molar-refractivity contribution in [2.75, 3.05) is 33.5 Å². The van der Waals surface area contributed by atoms with Gasteiger partial charge in [0.2, 0.25) is 0 Å². The third-order valence-corrected chi connectivity index (χ3v) is 3.07. The Kier molecular flexibility index (Phi) is 7.29. The Labute approximate surface area is 113 Å². The van der Waals surface area contributed by atoms with Gasteiger partial charge in [-0.1, -0.05) is 0 Å². The average molecular weight is 298 g/mol. The van der Waals surface area contributed by atoms with E-state index < -0.39 is 12.8 Å². The molecule has 0 aliphatic heterocycles. The van der Waals surface area contributed by atoms with Gasteiger partial charge in [-0.15, -0.1) is 11.3 Å². The highest BCUT2D eigenvalue weighted by Gasteiger charge is 2.27. The molecule has 0 aromatic carbocycles. The standard InChI is InChI=1S/C11H17F3N2O2S/c1-17-5-3-15-6-9-7-19-10(16-9)2-4-18-8-11(12,13)14/h7,15H,2-6,8H2,1H3. The van der Waals surface area contributed by atoms with Gasteiger partial charge in [0, 0.05) is 32.0 Å². The topological polar surface area (TPSA) is 43.4 Å². The first-order valence-electron chi connectivity index (χ1n) is 5.78. The summed E-state index contributed by atoms with van der Waals surface area (Å²) < 4.78 is 44.9. The number of rotatable bonds is 9. The van der Waals surface area contributed by atoms with Crippen molar-refractivity contribution in [1.29, 1.82) is 0 Å². The normalized spacial score (nSPS) is 12.0. The molecule has 0 aliphatic carbocycles. The van der Waals surface area contributed by atoms with Gasteiger partial charge in [-0.25, -0.2) is 4.98 Å². The van der Waals surface area contributed by atoms with Crippen molar-refractivity contribution in [3.8, 4) is 0 Å². The van der Waals surface area contributed by atoms with E-state index >= 15 is 0 Å². The summed E-state index contributed by atoms with van der Waals surface area (Å²) in [5, 5.41) is 5.81. The van der Waals surface area contributed by atoms with E-state index in [4.69, 9.17) is 4.74 Å². The molecule has 1 N–H and O–H groups in total. The number of alkyl halides is 3. The van der Waals surface area contributed by atoms with Crippen LogP contribution in [-0.2, 0) is 22.4 Å². The summed E-state index contributed by atoms with van der Waals surface area (Å²) in [6, 6.07) is 0. The molecule has 1 aromatic heterocycles. The van der Waals surface area contributed by atoms with Crippen LogP contribution < -0.4 is 5.32 Å². The molecule has 1 rings (SSSR count). The number of thiazole rings is 1. The van der Waals surface area contributed by atoms with E-state index in [0.717, 1.165) is 17.2 Å². The van der Waals surface area contributed by atoms with Crippen LogP contribution in [0.25, 0.3) is 0 Å². The maximum atomic E-state index is 11.8. The number of nitrogens with one attached hydrogen (secondary N) is 1. The van der Waals surface area contributed by atoms with Crippen molar-refractivity contribution < 1.29 is 22.6 Å². The predicted octanol–water partition coefficient (Wildman–Crippen LogP) is 2.00. The Morgan fingerprint density at radius 2 is 2.16 bits per heavy atom. The zero-order valence-electron chi connectivity index (χ0n) is 10.6. The van der Waals surface area contributed by atoms with Crippen LogP contribution in [0.15, 0.2) is 5.38 Å².